The van der Waals surface area contributed by atoms with E-state index >= 15 is 0 Å². The highest BCUT2D eigenvalue weighted by Crippen LogP contribution is 2.32. The van der Waals surface area contributed by atoms with E-state index in [2.05, 4.69) is 0 Å². The summed E-state index contributed by atoms with van der Waals surface area (Å²) in [6.07, 6.45) is 1.06. The van der Waals surface area contributed by atoms with E-state index in [0.717, 1.165) is 17.1 Å². The lowest BCUT2D eigenvalue weighted by molar-refractivity contribution is -0.168. The number of amides is 1. The Bertz CT molecular complexity index is 419. The number of carbonyl (C=O) groups is 1. The van der Waals surface area contributed by atoms with Crippen LogP contribution in [0.15, 0.2) is 18.2 Å². The number of carbonyl (C=O) groups excluding carboxylic acids is 1. The number of ether oxygens (including phenoxy) is 2. The van der Waals surface area contributed by atoms with E-state index in [-0.39, 0.29) is 12.7 Å². The van der Waals surface area contributed by atoms with E-state index in [9.17, 15) is 4.79 Å². The highest BCUT2D eigenvalue weighted by molar-refractivity contribution is 5.75. The van der Waals surface area contributed by atoms with E-state index in [0.29, 0.717) is 12.8 Å². The molecule has 0 fully saturated rings. The van der Waals surface area contributed by atoms with Crippen molar-refractivity contribution in [3.05, 3.63) is 23.8 Å². The van der Waals surface area contributed by atoms with E-state index in [1.165, 1.54) is 12.2 Å². The first kappa shape index (κ1) is 11.7. The van der Waals surface area contributed by atoms with Gasteiger partial charge in [-0.25, -0.2) is 5.06 Å². The molecule has 5 heteroatoms. The van der Waals surface area contributed by atoms with Crippen LogP contribution in [0.3, 0.4) is 0 Å². The van der Waals surface area contributed by atoms with Gasteiger partial charge in [0.2, 0.25) is 12.7 Å². The lowest BCUT2D eigenvalue weighted by Gasteiger charge is -2.13. The summed E-state index contributed by atoms with van der Waals surface area (Å²) < 4.78 is 10.5. The van der Waals surface area contributed by atoms with Crippen LogP contribution in [0, 0.1) is 0 Å². The summed E-state index contributed by atoms with van der Waals surface area (Å²) >= 11 is 0. The van der Waals surface area contributed by atoms with Gasteiger partial charge in [-0.15, -0.1) is 0 Å². The second-order valence-corrected chi connectivity index (χ2v) is 3.76. The number of benzene rings is 1. The van der Waals surface area contributed by atoms with Crippen LogP contribution in [-0.2, 0) is 16.1 Å². The third kappa shape index (κ3) is 2.68. The Hall–Kier alpha value is -1.75. The minimum atomic E-state index is -0.0508. The molecule has 92 valence electrons. The van der Waals surface area contributed by atoms with Gasteiger partial charge in [0.05, 0.1) is 7.11 Å². The van der Waals surface area contributed by atoms with Crippen LogP contribution in [0.25, 0.3) is 0 Å². The van der Waals surface area contributed by atoms with Gasteiger partial charge in [-0.3, -0.25) is 9.63 Å². The molecule has 1 amide bonds. The Kier molecular flexibility index (Phi) is 3.49. The van der Waals surface area contributed by atoms with E-state index in [4.69, 9.17) is 14.3 Å². The maximum Gasteiger partial charge on any atom is 0.246 e. The first-order valence-electron chi connectivity index (χ1n) is 5.40. The highest BCUT2D eigenvalue weighted by Gasteiger charge is 2.14. The van der Waals surface area contributed by atoms with Crippen molar-refractivity contribution in [3.63, 3.8) is 0 Å². The molecule has 1 aromatic rings. The van der Waals surface area contributed by atoms with Gasteiger partial charge in [0.1, 0.15) is 0 Å². The predicted octanol–water partition coefficient (Wildman–Crippen LogP) is 1.37. The van der Waals surface area contributed by atoms with Crippen LogP contribution < -0.4 is 9.47 Å². The molecule has 17 heavy (non-hydrogen) atoms. The highest BCUT2D eigenvalue weighted by atomic mass is 16.7. The maximum absolute atomic E-state index is 11.5. The molecule has 1 heterocycles. The SMILES string of the molecule is CON(C)C(=O)CCc1ccc2c(c1)OCO2. The topological polar surface area (TPSA) is 48.0 Å². The molecule has 1 aliphatic rings. The monoisotopic (exact) mass is 237 g/mol. The van der Waals surface area contributed by atoms with Gasteiger partial charge in [-0.05, 0) is 24.1 Å². The largest absolute Gasteiger partial charge is 0.454 e. The average Bonchev–Trinajstić information content (AvgIpc) is 2.82. The molecule has 0 bridgehead atoms. The van der Waals surface area contributed by atoms with Gasteiger partial charge in [0.25, 0.3) is 0 Å². The molecule has 0 unspecified atom stereocenters. The number of hydrogen-bond acceptors (Lipinski definition) is 4. The van der Waals surface area contributed by atoms with Crippen LogP contribution in [0.2, 0.25) is 0 Å². The Labute approximate surface area is 99.8 Å². The van der Waals surface area contributed by atoms with E-state index < -0.39 is 0 Å². The molecular formula is C12H15NO4. The fourth-order valence-electron chi connectivity index (χ4n) is 1.61. The zero-order valence-electron chi connectivity index (χ0n) is 9.93. The van der Waals surface area contributed by atoms with Crippen LogP contribution in [0.4, 0.5) is 0 Å². The molecule has 0 atom stereocenters. The van der Waals surface area contributed by atoms with Crippen molar-refractivity contribution in [1.82, 2.24) is 5.06 Å². The Balaban J connectivity index is 1.93. The molecule has 0 aromatic heterocycles. The van der Waals surface area contributed by atoms with Gasteiger partial charge in [-0.1, -0.05) is 6.07 Å². The van der Waals surface area contributed by atoms with Crippen molar-refractivity contribution in [2.75, 3.05) is 21.0 Å². The Morgan fingerprint density at radius 1 is 1.41 bits per heavy atom. The first-order valence-corrected chi connectivity index (χ1v) is 5.40. The molecule has 0 spiro atoms. The summed E-state index contributed by atoms with van der Waals surface area (Å²) in [5, 5.41) is 1.23. The van der Waals surface area contributed by atoms with Crippen LogP contribution in [-0.4, -0.2) is 31.9 Å². The normalized spacial score (nSPS) is 12.6. The number of hydrogen-bond donors (Lipinski definition) is 0. The first-order chi connectivity index (χ1) is 8.20. The van der Waals surface area contributed by atoms with Crippen molar-refractivity contribution < 1.29 is 19.1 Å². The second kappa shape index (κ2) is 5.05. The minimum Gasteiger partial charge on any atom is -0.454 e. The van der Waals surface area contributed by atoms with Gasteiger partial charge in [-0.2, -0.15) is 0 Å². The summed E-state index contributed by atoms with van der Waals surface area (Å²) in [7, 11) is 3.07. The molecule has 2 rings (SSSR count). The molecule has 5 nitrogen and oxygen atoms in total. The van der Waals surface area contributed by atoms with Crippen LogP contribution >= 0.6 is 0 Å². The van der Waals surface area contributed by atoms with Crippen molar-refractivity contribution in [1.29, 1.82) is 0 Å². The quantitative estimate of drug-likeness (QED) is 0.742. The third-order valence-corrected chi connectivity index (χ3v) is 2.69. The van der Waals surface area contributed by atoms with Crippen molar-refractivity contribution >= 4 is 5.91 Å². The lowest BCUT2D eigenvalue weighted by atomic mass is 10.1. The zero-order chi connectivity index (χ0) is 12.3. The number of rotatable bonds is 4. The number of nitrogens with zero attached hydrogens (tertiary/aromatic N) is 1. The van der Waals surface area contributed by atoms with E-state index in [1.54, 1.807) is 7.05 Å². The van der Waals surface area contributed by atoms with Crippen LogP contribution in [0.1, 0.15) is 12.0 Å². The molecule has 0 radical (unpaired) electrons. The van der Waals surface area contributed by atoms with E-state index in [1.807, 2.05) is 18.2 Å². The summed E-state index contributed by atoms with van der Waals surface area (Å²) in [5.74, 6) is 1.45. The molecule has 1 aromatic carbocycles. The Morgan fingerprint density at radius 3 is 2.94 bits per heavy atom. The fourth-order valence-corrected chi connectivity index (χ4v) is 1.61. The molecule has 0 saturated carbocycles. The second-order valence-electron chi connectivity index (χ2n) is 3.76. The molecular weight excluding hydrogens is 222 g/mol. The van der Waals surface area contributed by atoms with Gasteiger partial charge in [0, 0.05) is 13.5 Å². The predicted molar refractivity (Wildman–Crippen MR) is 60.7 cm³/mol. The molecule has 1 aliphatic heterocycles. The number of hydroxylamine groups is 2. The Morgan fingerprint density at radius 2 is 2.18 bits per heavy atom. The molecule has 0 saturated heterocycles. The van der Waals surface area contributed by atoms with Gasteiger partial charge < -0.3 is 9.47 Å². The third-order valence-electron chi connectivity index (χ3n) is 2.69. The average molecular weight is 237 g/mol. The van der Waals surface area contributed by atoms with Gasteiger partial charge >= 0.3 is 0 Å². The lowest BCUT2D eigenvalue weighted by Crippen LogP contribution is -2.25. The number of fused-ring (bicyclic) bond motifs is 1. The van der Waals surface area contributed by atoms with Crippen molar-refractivity contribution in [2.45, 2.75) is 12.8 Å². The van der Waals surface area contributed by atoms with Crippen LogP contribution in [0.5, 0.6) is 11.5 Å². The van der Waals surface area contributed by atoms with Crippen molar-refractivity contribution in [2.24, 2.45) is 0 Å². The smallest absolute Gasteiger partial charge is 0.246 e. The summed E-state index contributed by atoms with van der Waals surface area (Å²) in [6, 6.07) is 5.71. The fraction of sp³-hybridized carbons (Fsp3) is 0.417. The molecule has 0 aliphatic carbocycles. The minimum absolute atomic E-state index is 0.0508. The summed E-state index contributed by atoms with van der Waals surface area (Å²) in [4.78, 5) is 16.3. The summed E-state index contributed by atoms with van der Waals surface area (Å²) in [5.41, 5.74) is 1.05. The molecule has 0 N–H and O–H groups in total. The van der Waals surface area contributed by atoms with Crippen molar-refractivity contribution in [3.8, 4) is 11.5 Å². The zero-order valence-corrected chi connectivity index (χ0v) is 9.93. The maximum atomic E-state index is 11.5. The van der Waals surface area contributed by atoms with Gasteiger partial charge in [0.15, 0.2) is 11.5 Å². The summed E-state index contributed by atoms with van der Waals surface area (Å²) in [6.45, 7) is 0.268. The number of aryl methyl sites for hydroxylation is 1. The standard InChI is InChI=1S/C12H15NO4/c1-13(15-2)12(14)6-4-9-3-5-10-11(7-9)17-8-16-10/h3,5,7H,4,6,8H2,1-2H3.